The standard InChI is InChI=1S/C19H33N5O8/c20-8-2-1-4-12(16(28)23-13(10-25)19(31)32)22-17(29)14-5-3-9-24(14)18(30)11(21)6-7-15(26)27/h11-14,25H,1-10,20-21H2,(H,22,29)(H,23,28)(H,26,27)(H,31,32). The molecule has 0 bridgehead atoms. The molecule has 1 aliphatic rings. The van der Waals surface area contributed by atoms with Gasteiger partial charge in [-0.25, -0.2) is 4.79 Å². The van der Waals surface area contributed by atoms with Crippen LogP contribution in [0.1, 0.15) is 44.9 Å². The van der Waals surface area contributed by atoms with Crippen LogP contribution in [0.2, 0.25) is 0 Å². The van der Waals surface area contributed by atoms with Gasteiger partial charge in [0.1, 0.15) is 18.1 Å². The molecule has 1 fully saturated rings. The van der Waals surface area contributed by atoms with Gasteiger partial charge in [-0.05, 0) is 45.1 Å². The lowest BCUT2D eigenvalue weighted by Crippen LogP contribution is -2.57. The third kappa shape index (κ3) is 8.40. The van der Waals surface area contributed by atoms with Gasteiger partial charge in [-0.1, -0.05) is 0 Å². The van der Waals surface area contributed by atoms with E-state index in [0.717, 1.165) is 0 Å². The molecule has 13 heteroatoms. The molecule has 1 saturated heterocycles. The molecule has 1 aliphatic heterocycles. The van der Waals surface area contributed by atoms with Crippen LogP contribution >= 0.6 is 0 Å². The number of carbonyl (C=O) groups is 5. The molecule has 32 heavy (non-hydrogen) atoms. The minimum Gasteiger partial charge on any atom is -0.481 e. The van der Waals surface area contributed by atoms with Gasteiger partial charge in [-0.3, -0.25) is 19.2 Å². The molecule has 0 saturated carbocycles. The molecule has 3 amide bonds. The van der Waals surface area contributed by atoms with E-state index in [0.29, 0.717) is 32.2 Å². The van der Waals surface area contributed by atoms with Crippen molar-refractivity contribution in [2.45, 2.75) is 69.1 Å². The molecule has 182 valence electrons. The van der Waals surface area contributed by atoms with E-state index in [1.807, 2.05) is 0 Å². The fraction of sp³-hybridized carbons (Fsp3) is 0.737. The average Bonchev–Trinajstić information content (AvgIpc) is 3.24. The monoisotopic (exact) mass is 459 g/mol. The Morgan fingerprint density at radius 2 is 1.72 bits per heavy atom. The van der Waals surface area contributed by atoms with E-state index in [9.17, 15) is 24.0 Å². The fourth-order valence-electron chi connectivity index (χ4n) is 3.41. The number of nitrogens with one attached hydrogen (secondary N) is 2. The van der Waals surface area contributed by atoms with Crippen LogP contribution in [-0.4, -0.2) is 93.7 Å². The first-order valence-electron chi connectivity index (χ1n) is 10.5. The van der Waals surface area contributed by atoms with E-state index in [4.69, 9.17) is 26.8 Å². The first-order chi connectivity index (χ1) is 15.1. The van der Waals surface area contributed by atoms with Gasteiger partial charge in [-0.2, -0.15) is 0 Å². The summed E-state index contributed by atoms with van der Waals surface area (Å²) in [5.74, 6) is -4.41. The maximum atomic E-state index is 12.9. The Balaban J connectivity index is 2.85. The third-order valence-electron chi connectivity index (χ3n) is 5.20. The molecule has 1 heterocycles. The largest absolute Gasteiger partial charge is 0.481 e. The second-order valence-electron chi connectivity index (χ2n) is 7.66. The summed E-state index contributed by atoms with van der Waals surface area (Å²) in [5.41, 5.74) is 11.3. The predicted molar refractivity (Wildman–Crippen MR) is 111 cm³/mol. The van der Waals surface area contributed by atoms with Crippen LogP contribution in [0.3, 0.4) is 0 Å². The SMILES string of the molecule is NCCCCC(NC(=O)C1CCCN1C(=O)C(N)CCC(=O)O)C(=O)NC(CO)C(=O)O. The lowest BCUT2D eigenvalue weighted by atomic mass is 10.1. The van der Waals surface area contributed by atoms with Crippen molar-refractivity contribution in [3.05, 3.63) is 0 Å². The first-order valence-corrected chi connectivity index (χ1v) is 10.5. The highest BCUT2D eigenvalue weighted by Crippen LogP contribution is 2.19. The van der Waals surface area contributed by atoms with Gasteiger partial charge >= 0.3 is 11.9 Å². The lowest BCUT2D eigenvalue weighted by molar-refractivity contribution is -0.144. The minimum atomic E-state index is -1.52. The fourth-order valence-corrected chi connectivity index (χ4v) is 3.41. The van der Waals surface area contributed by atoms with Gasteiger partial charge in [0.05, 0.1) is 12.6 Å². The molecule has 0 spiro atoms. The van der Waals surface area contributed by atoms with E-state index in [1.54, 1.807) is 0 Å². The van der Waals surface area contributed by atoms with Crippen molar-refractivity contribution in [2.24, 2.45) is 11.5 Å². The number of nitrogens with zero attached hydrogens (tertiary/aromatic N) is 1. The predicted octanol–water partition coefficient (Wildman–Crippen LogP) is -2.65. The molecule has 0 aliphatic carbocycles. The molecule has 1 rings (SSSR count). The van der Waals surface area contributed by atoms with E-state index in [1.165, 1.54) is 4.90 Å². The van der Waals surface area contributed by atoms with Crippen molar-refractivity contribution in [1.82, 2.24) is 15.5 Å². The molecule has 0 aromatic carbocycles. The number of aliphatic carboxylic acids is 2. The highest BCUT2D eigenvalue weighted by atomic mass is 16.4. The summed E-state index contributed by atoms with van der Waals surface area (Å²) in [6.45, 7) is -0.174. The van der Waals surface area contributed by atoms with Gasteiger partial charge in [0.2, 0.25) is 17.7 Å². The van der Waals surface area contributed by atoms with Crippen LogP contribution in [0.4, 0.5) is 0 Å². The van der Waals surface area contributed by atoms with E-state index >= 15 is 0 Å². The number of aliphatic hydroxyl groups excluding tert-OH is 1. The van der Waals surface area contributed by atoms with E-state index in [-0.39, 0.29) is 25.8 Å². The molecule has 0 aromatic rings. The zero-order valence-corrected chi connectivity index (χ0v) is 17.9. The summed E-state index contributed by atoms with van der Waals surface area (Å²) in [6, 6.07) is -4.55. The number of nitrogens with two attached hydrogens (primary N) is 2. The number of hydrogen-bond donors (Lipinski definition) is 7. The van der Waals surface area contributed by atoms with Crippen molar-refractivity contribution in [3.63, 3.8) is 0 Å². The Kier molecular flexibility index (Phi) is 11.6. The Hall–Kier alpha value is -2.77. The summed E-state index contributed by atoms with van der Waals surface area (Å²) in [6.07, 6.45) is 1.77. The van der Waals surface area contributed by atoms with Gasteiger partial charge in [-0.15, -0.1) is 0 Å². The van der Waals surface area contributed by atoms with Gasteiger partial charge in [0.25, 0.3) is 0 Å². The number of unbranched alkanes of at least 4 members (excludes halogenated alkanes) is 1. The molecule has 0 radical (unpaired) electrons. The average molecular weight is 460 g/mol. The maximum Gasteiger partial charge on any atom is 0.328 e. The summed E-state index contributed by atoms with van der Waals surface area (Å²) < 4.78 is 0. The van der Waals surface area contributed by atoms with Crippen molar-refractivity contribution in [1.29, 1.82) is 0 Å². The first kappa shape index (κ1) is 27.3. The zero-order chi connectivity index (χ0) is 24.3. The second kappa shape index (κ2) is 13.6. The zero-order valence-electron chi connectivity index (χ0n) is 17.9. The number of amides is 3. The van der Waals surface area contributed by atoms with Crippen molar-refractivity contribution >= 4 is 29.7 Å². The molecular weight excluding hydrogens is 426 g/mol. The molecule has 13 nitrogen and oxygen atoms in total. The number of hydrogen-bond acceptors (Lipinski definition) is 8. The summed E-state index contributed by atoms with van der Waals surface area (Å²) in [7, 11) is 0. The number of carboxylic acids is 2. The minimum absolute atomic E-state index is 0.0686. The Morgan fingerprint density at radius 3 is 2.28 bits per heavy atom. The third-order valence-corrected chi connectivity index (χ3v) is 5.20. The Bertz CT molecular complexity index is 689. The van der Waals surface area contributed by atoms with E-state index < -0.39 is 60.4 Å². The van der Waals surface area contributed by atoms with Gasteiger partial charge in [0, 0.05) is 13.0 Å². The maximum absolute atomic E-state index is 12.9. The van der Waals surface area contributed by atoms with Gasteiger partial charge in [0.15, 0.2) is 0 Å². The highest BCUT2D eigenvalue weighted by Gasteiger charge is 2.37. The van der Waals surface area contributed by atoms with Crippen LogP contribution in [0.15, 0.2) is 0 Å². The quantitative estimate of drug-likeness (QED) is 0.133. The van der Waals surface area contributed by atoms with Crippen LogP contribution in [0.5, 0.6) is 0 Å². The summed E-state index contributed by atoms with van der Waals surface area (Å²) in [5, 5.41) is 31.7. The molecule has 4 atom stereocenters. The van der Waals surface area contributed by atoms with Crippen molar-refractivity contribution in [3.8, 4) is 0 Å². The number of carbonyl (C=O) groups excluding carboxylic acids is 3. The highest BCUT2D eigenvalue weighted by molar-refractivity contribution is 5.94. The second-order valence-corrected chi connectivity index (χ2v) is 7.66. The van der Waals surface area contributed by atoms with Crippen LogP contribution < -0.4 is 22.1 Å². The Labute approximate surface area is 185 Å². The smallest absolute Gasteiger partial charge is 0.328 e. The lowest BCUT2D eigenvalue weighted by Gasteiger charge is -2.28. The van der Waals surface area contributed by atoms with Crippen LogP contribution in [0.25, 0.3) is 0 Å². The number of rotatable bonds is 14. The van der Waals surface area contributed by atoms with Crippen molar-refractivity contribution in [2.75, 3.05) is 19.7 Å². The molecular formula is C19H33N5O8. The van der Waals surface area contributed by atoms with Crippen LogP contribution in [-0.2, 0) is 24.0 Å². The number of aliphatic hydroxyl groups is 1. The number of likely N-dealkylation sites (tertiary alicyclic amines) is 1. The number of carboxylic acid groups (broad SMARTS) is 2. The van der Waals surface area contributed by atoms with Gasteiger partial charge < -0.3 is 42.3 Å². The Morgan fingerprint density at radius 1 is 1.03 bits per heavy atom. The van der Waals surface area contributed by atoms with Crippen molar-refractivity contribution < 1.29 is 39.3 Å². The molecule has 4 unspecified atom stereocenters. The van der Waals surface area contributed by atoms with E-state index in [2.05, 4.69) is 10.6 Å². The molecule has 9 N–H and O–H groups in total. The normalized spacial score (nSPS) is 18.5. The summed E-state index contributed by atoms with van der Waals surface area (Å²) >= 11 is 0. The topological polar surface area (TPSA) is 225 Å². The molecule has 0 aromatic heterocycles. The summed E-state index contributed by atoms with van der Waals surface area (Å²) in [4.78, 5) is 61.1. The van der Waals surface area contributed by atoms with Crippen LogP contribution in [0, 0.1) is 0 Å².